The number of carboxylic acids is 1. The van der Waals surface area contributed by atoms with E-state index in [1.54, 1.807) is 13.0 Å². The third kappa shape index (κ3) is 3.69. The molecular formula is C17H17NO3. The maximum Gasteiger partial charge on any atom is 0.337 e. The molecule has 4 nitrogen and oxygen atoms in total. The van der Waals surface area contributed by atoms with E-state index in [9.17, 15) is 14.7 Å². The molecule has 2 N–H and O–H groups in total. The van der Waals surface area contributed by atoms with Crippen molar-refractivity contribution in [1.82, 2.24) is 0 Å². The molecule has 0 aromatic heterocycles. The third-order valence-electron chi connectivity index (χ3n) is 3.18. The normalized spacial score (nSPS) is 10.2. The van der Waals surface area contributed by atoms with Gasteiger partial charge in [0.25, 0.3) is 0 Å². The molecule has 2 aromatic rings. The second-order valence-electron chi connectivity index (χ2n) is 5.02. The fraction of sp³-hybridized carbons (Fsp3) is 0.176. The number of aryl methyl sites for hydroxylation is 2. The number of anilines is 1. The van der Waals surface area contributed by atoms with Gasteiger partial charge in [0, 0.05) is 0 Å². The van der Waals surface area contributed by atoms with Crippen molar-refractivity contribution in [2.75, 3.05) is 5.32 Å². The maximum atomic E-state index is 12.1. The van der Waals surface area contributed by atoms with Crippen LogP contribution >= 0.6 is 0 Å². The van der Waals surface area contributed by atoms with Crippen LogP contribution in [0.5, 0.6) is 0 Å². The molecular weight excluding hydrogens is 266 g/mol. The summed E-state index contributed by atoms with van der Waals surface area (Å²) < 4.78 is 0. The first-order valence-electron chi connectivity index (χ1n) is 6.65. The number of carbonyl (C=O) groups excluding carboxylic acids is 1. The molecule has 1 amide bonds. The number of amides is 1. The zero-order valence-electron chi connectivity index (χ0n) is 12.0. The summed E-state index contributed by atoms with van der Waals surface area (Å²) in [6.07, 6.45) is 0.215. The number of rotatable bonds is 4. The zero-order valence-corrected chi connectivity index (χ0v) is 12.0. The van der Waals surface area contributed by atoms with Gasteiger partial charge in [-0.05, 0) is 36.6 Å². The molecule has 0 fully saturated rings. The third-order valence-corrected chi connectivity index (χ3v) is 3.18. The summed E-state index contributed by atoms with van der Waals surface area (Å²) in [6.45, 7) is 3.62. The molecule has 0 aliphatic heterocycles. The summed E-state index contributed by atoms with van der Waals surface area (Å²) in [5.41, 5.74) is 2.97. The van der Waals surface area contributed by atoms with Gasteiger partial charge in [0.2, 0.25) is 5.91 Å². The molecule has 0 spiro atoms. The van der Waals surface area contributed by atoms with Crippen LogP contribution in [0.3, 0.4) is 0 Å². The van der Waals surface area contributed by atoms with Crippen LogP contribution in [0.2, 0.25) is 0 Å². The summed E-state index contributed by atoms with van der Waals surface area (Å²) in [5.74, 6) is -1.27. The fourth-order valence-corrected chi connectivity index (χ4v) is 2.27. The van der Waals surface area contributed by atoms with Gasteiger partial charge in [0.05, 0.1) is 17.7 Å². The van der Waals surface area contributed by atoms with E-state index in [2.05, 4.69) is 5.32 Å². The topological polar surface area (TPSA) is 66.4 Å². The predicted molar refractivity (Wildman–Crippen MR) is 81.7 cm³/mol. The van der Waals surface area contributed by atoms with Crippen molar-refractivity contribution >= 4 is 17.6 Å². The first kappa shape index (κ1) is 14.8. The Balaban J connectivity index is 2.23. The molecule has 0 aliphatic rings. The molecule has 2 aromatic carbocycles. The van der Waals surface area contributed by atoms with E-state index in [4.69, 9.17) is 0 Å². The lowest BCUT2D eigenvalue weighted by molar-refractivity contribution is -0.115. The molecule has 2 rings (SSSR count). The molecule has 0 atom stereocenters. The highest BCUT2D eigenvalue weighted by molar-refractivity contribution is 6.02. The van der Waals surface area contributed by atoms with E-state index in [0.717, 1.165) is 16.7 Å². The van der Waals surface area contributed by atoms with Gasteiger partial charge in [0.15, 0.2) is 0 Å². The highest BCUT2D eigenvalue weighted by atomic mass is 16.4. The van der Waals surface area contributed by atoms with Gasteiger partial charge in [-0.1, -0.05) is 36.4 Å². The van der Waals surface area contributed by atoms with Crippen LogP contribution in [0.4, 0.5) is 5.69 Å². The minimum absolute atomic E-state index is 0.119. The van der Waals surface area contributed by atoms with Gasteiger partial charge >= 0.3 is 5.97 Å². The second-order valence-corrected chi connectivity index (χ2v) is 5.02. The summed E-state index contributed by atoms with van der Waals surface area (Å²) >= 11 is 0. The van der Waals surface area contributed by atoms with Gasteiger partial charge < -0.3 is 10.4 Å². The highest BCUT2D eigenvalue weighted by Crippen LogP contribution is 2.23. The lowest BCUT2D eigenvalue weighted by atomic mass is 10.0. The van der Waals surface area contributed by atoms with Gasteiger partial charge in [-0.25, -0.2) is 4.79 Å². The lowest BCUT2D eigenvalue weighted by Crippen LogP contribution is -2.18. The van der Waals surface area contributed by atoms with Crippen molar-refractivity contribution in [2.24, 2.45) is 0 Å². The van der Waals surface area contributed by atoms with Gasteiger partial charge in [-0.2, -0.15) is 0 Å². The second kappa shape index (κ2) is 6.22. The maximum absolute atomic E-state index is 12.1. The predicted octanol–water partition coefficient (Wildman–Crippen LogP) is 3.18. The summed E-state index contributed by atoms with van der Waals surface area (Å²) in [7, 11) is 0. The Morgan fingerprint density at radius 1 is 1.10 bits per heavy atom. The molecule has 4 heteroatoms. The van der Waals surface area contributed by atoms with E-state index in [-0.39, 0.29) is 17.9 Å². The van der Waals surface area contributed by atoms with Crippen molar-refractivity contribution in [1.29, 1.82) is 0 Å². The van der Waals surface area contributed by atoms with Crippen molar-refractivity contribution in [3.63, 3.8) is 0 Å². The average molecular weight is 283 g/mol. The Morgan fingerprint density at radius 3 is 2.38 bits per heavy atom. The van der Waals surface area contributed by atoms with Crippen LogP contribution in [0.25, 0.3) is 0 Å². The van der Waals surface area contributed by atoms with E-state index >= 15 is 0 Å². The van der Waals surface area contributed by atoms with Crippen LogP contribution in [0.1, 0.15) is 27.0 Å². The lowest BCUT2D eigenvalue weighted by Gasteiger charge is -2.13. The van der Waals surface area contributed by atoms with Crippen LogP contribution in [0, 0.1) is 13.8 Å². The standard InChI is InChI=1S/C17H17NO3/c1-11-8-12(2)16(14(9-11)17(20)21)18-15(19)10-13-6-4-3-5-7-13/h3-9H,10H2,1-2H3,(H,18,19)(H,20,21). The van der Waals surface area contributed by atoms with Gasteiger partial charge in [-0.15, -0.1) is 0 Å². The smallest absolute Gasteiger partial charge is 0.337 e. The molecule has 0 saturated heterocycles. The molecule has 108 valence electrons. The first-order valence-corrected chi connectivity index (χ1v) is 6.65. The van der Waals surface area contributed by atoms with Gasteiger partial charge in [0.1, 0.15) is 0 Å². The minimum atomic E-state index is -1.04. The number of aromatic carboxylic acids is 1. The number of hydrogen-bond donors (Lipinski definition) is 2. The van der Waals surface area contributed by atoms with E-state index in [0.29, 0.717) is 5.69 Å². The Kier molecular flexibility index (Phi) is 4.38. The highest BCUT2D eigenvalue weighted by Gasteiger charge is 2.15. The number of nitrogens with one attached hydrogen (secondary N) is 1. The molecule has 21 heavy (non-hydrogen) atoms. The average Bonchev–Trinajstić information content (AvgIpc) is 2.42. The number of hydrogen-bond acceptors (Lipinski definition) is 2. The number of carbonyl (C=O) groups is 2. The first-order chi connectivity index (χ1) is 9.97. The van der Waals surface area contributed by atoms with Crippen LogP contribution < -0.4 is 5.32 Å². The van der Waals surface area contributed by atoms with Crippen molar-refractivity contribution < 1.29 is 14.7 Å². The van der Waals surface area contributed by atoms with E-state index < -0.39 is 5.97 Å². The zero-order chi connectivity index (χ0) is 15.4. The monoisotopic (exact) mass is 283 g/mol. The van der Waals surface area contributed by atoms with Gasteiger partial charge in [-0.3, -0.25) is 4.79 Å². The van der Waals surface area contributed by atoms with Crippen LogP contribution in [-0.4, -0.2) is 17.0 Å². The summed E-state index contributed by atoms with van der Waals surface area (Å²) in [4.78, 5) is 23.4. The SMILES string of the molecule is Cc1cc(C)c(NC(=O)Cc2ccccc2)c(C(=O)O)c1. The minimum Gasteiger partial charge on any atom is -0.478 e. The molecule has 0 unspecified atom stereocenters. The Bertz CT molecular complexity index is 678. The Hall–Kier alpha value is -2.62. The molecule has 0 bridgehead atoms. The van der Waals surface area contributed by atoms with E-state index in [1.165, 1.54) is 0 Å². The number of benzene rings is 2. The summed E-state index contributed by atoms with van der Waals surface area (Å²) in [6, 6.07) is 12.7. The largest absolute Gasteiger partial charge is 0.478 e. The van der Waals surface area contributed by atoms with Crippen LogP contribution in [0.15, 0.2) is 42.5 Å². The quantitative estimate of drug-likeness (QED) is 0.905. The Morgan fingerprint density at radius 2 is 1.76 bits per heavy atom. The van der Waals surface area contributed by atoms with Crippen LogP contribution in [-0.2, 0) is 11.2 Å². The number of carboxylic acid groups (broad SMARTS) is 1. The molecule has 0 radical (unpaired) electrons. The summed E-state index contributed by atoms with van der Waals surface area (Å²) in [5, 5.41) is 12.0. The molecule has 0 heterocycles. The molecule has 0 saturated carbocycles. The Labute approximate surface area is 123 Å². The van der Waals surface area contributed by atoms with Crippen molar-refractivity contribution in [3.05, 3.63) is 64.7 Å². The van der Waals surface area contributed by atoms with E-state index in [1.807, 2.05) is 43.3 Å². The molecule has 0 aliphatic carbocycles. The van der Waals surface area contributed by atoms with Crippen molar-refractivity contribution in [2.45, 2.75) is 20.3 Å². The van der Waals surface area contributed by atoms with Crippen molar-refractivity contribution in [3.8, 4) is 0 Å². The fourth-order valence-electron chi connectivity index (χ4n) is 2.27.